The maximum absolute atomic E-state index is 11.2. The Labute approximate surface area is 85.3 Å². The van der Waals surface area contributed by atoms with Crippen molar-refractivity contribution >= 4 is 29.1 Å². The van der Waals surface area contributed by atoms with E-state index in [1.807, 2.05) is 0 Å². The van der Waals surface area contributed by atoms with E-state index < -0.39 is 0 Å². The minimum atomic E-state index is -0.341. The molecule has 0 spiro atoms. The fraction of sp³-hybridized carbons (Fsp3) is 0.125. The molecule has 0 saturated carbocycles. The van der Waals surface area contributed by atoms with Crippen LogP contribution in [0.4, 0.5) is 0 Å². The number of amides is 1. The fourth-order valence-corrected chi connectivity index (χ4v) is 1.25. The fourth-order valence-electron chi connectivity index (χ4n) is 0.845. The molecule has 13 heavy (non-hydrogen) atoms. The molecule has 1 rings (SSSR count). The molecule has 70 valence electrons. The number of halogens is 2. The average Bonchev–Trinajstić information content (AvgIpc) is 2.10. The van der Waals surface area contributed by atoms with Gasteiger partial charge in [0.05, 0.1) is 15.6 Å². The van der Waals surface area contributed by atoms with Gasteiger partial charge >= 0.3 is 0 Å². The summed E-state index contributed by atoms with van der Waals surface area (Å²) < 4.78 is 0. The first-order valence-corrected chi connectivity index (χ1v) is 4.22. The first-order chi connectivity index (χ1) is 6.06. The summed E-state index contributed by atoms with van der Waals surface area (Å²) in [5, 5.41) is 11.8. The third-order valence-corrected chi connectivity index (χ3v) is 2.12. The number of phenols is 1. The predicted octanol–water partition coefficient (Wildman–Crippen LogP) is 2.06. The molecule has 0 fully saturated rings. The summed E-state index contributed by atoms with van der Waals surface area (Å²) in [6, 6.07) is 2.55. The van der Waals surface area contributed by atoms with Gasteiger partial charge in [-0.25, -0.2) is 0 Å². The van der Waals surface area contributed by atoms with Crippen LogP contribution < -0.4 is 5.32 Å². The highest BCUT2D eigenvalue weighted by Gasteiger charge is 2.11. The van der Waals surface area contributed by atoms with E-state index >= 15 is 0 Å². The Morgan fingerprint density at radius 2 is 2.00 bits per heavy atom. The highest BCUT2D eigenvalue weighted by Crippen LogP contribution is 2.29. The number of hydrogen-bond acceptors (Lipinski definition) is 2. The first kappa shape index (κ1) is 10.2. The van der Waals surface area contributed by atoms with Gasteiger partial charge < -0.3 is 10.4 Å². The molecule has 0 atom stereocenters. The Kier molecular flexibility index (Phi) is 3.01. The summed E-state index contributed by atoms with van der Waals surface area (Å²) in [4.78, 5) is 11.2. The molecule has 0 bridgehead atoms. The van der Waals surface area contributed by atoms with E-state index in [1.165, 1.54) is 19.2 Å². The summed E-state index contributed by atoms with van der Waals surface area (Å²) in [5.41, 5.74) is 0.243. The monoisotopic (exact) mass is 219 g/mol. The molecule has 3 nitrogen and oxygen atoms in total. The van der Waals surface area contributed by atoms with E-state index in [0.717, 1.165) is 0 Å². The van der Waals surface area contributed by atoms with E-state index in [4.69, 9.17) is 28.3 Å². The topological polar surface area (TPSA) is 49.3 Å². The summed E-state index contributed by atoms with van der Waals surface area (Å²) in [7, 11) is 1.49. The minimum absolute atomic E-state index is 0.100. The van der Waals surface area contributed by atoms with E-state index in [-0.39, 0.29) is 27.3 Å². The normalized spacial score (nSPS) is 9.77. The van der Waals surface area contributed by atoms with Crippen LogP contribution in [0.3, 0.4) is 0 Å². The van der Waals surface area contributed by atoms with Gasteiger partial charge in [0.1, 0.15) is 5.75 Å². The highest BCUT2D eigenvalue weighted by molar-refractivity contribution is 6.36. The van der Waals surface area contributed by atoms with Crippen LogP contribution in [-0.4, -0.2) is 18.1 Å². The number of carbonyl (C=O) groups is 1. The molecule has 0 aliphatic carbocycles. The van der Waals surface area contributed by atoms with Crippen LogP contribution >= 0.6 is 23.2 Å². The quantitative estimate of drug-likeness (QED) is 0.760. The van der Waals surface area contributed by atoms with Gasteiger partial charge in [-0.1, -0.05) is 23.2 Å². The van der Waals surface area contributed by atoms with Crippen molar-refractivity contribution in [2.45, 2.75) is 0 Å². The van der Waals surface area contributed by atoms with Crippen molar-refractivity contribution in [2.24, 2.45) is 0 Å². The van der Waals surface area contributed by atoms with Gasteiger partial charge in [0.25, 0.3) is 5.91 Å². The van der Waals surface area contributed by atoms with Crippen molar-refractivity contribution in [3.05, 3.63) is 27.7 Å². The maximum Gasteiger partial charge on any atom is 0.252 e. The van der Waals surface area contributed by atoms with Gasteiger partial charge in [0.2, 0.25) is 0 Å². The standard InChI is InChI=1S/C8H7Cl2NO2/c1-11-8(13)4-2-6(10)7(12)3-5(4)9/h2-3,12H,1H3,(H,11,13). The number of carbonyl (C=O) groups excluding carboxylic acids is 1. The Hall–Kier alpha value is -0.930. The predicted molar refractivity (Wildman–Crippen MR) is 51.5 cm³/mol. The number of phenolic OH excluding ortho intramolecular Hbond substituents is 1. The van der Waals surface area contributed by atoms with Gasteiger partial charge in [-0.3, -0.25) is 4.79 Å². The number of rotatable bonds is 1. The van der Waals surface area contributed by atoms with Gasteiger partial charge in [-0.2, -0.15) is 0 Å². The molecular weight excluding hydrogens is 213 g/mol. The SMILES string of the molecule is CNC(=O)c1cc(Cl)c(O)cc1Cl. The number of hydrogen-bond donors (Lipinski definition) is 2. The van der Waals surface area contributed by atoms with Gasteiger partial charge in [-0.05, 0) is 6.07 Å². The zero-order valence-electron chi connectivity index (χ0n) is 6.77. The van der Waals surface area contributed by atoms with Gasteiger partial charge in [0, 0.05) is 13.1 Å². The van der Waals surface area contributed by atoms with Crippen LogP contribution in [0.15, 0.2) is 12.1 Å². The molecule has 0 unspecified atom stereocenters. The molecule has 0 aliphatic rings. The van der Waals surface area contributed by atoms with Crippen LogP contribution in [0.1, 0.15) is 10.4 Å². The average molecular weight is 220 g/mol. The first-order valence-electron chi connectivity index (χ1n) is 3.46. The largest absolute Gasteiger partial charge is 0.506 e. The van der Waals surface area contributed by atoms with Crippen molar-refractivity contribution in [1.82, 2.24) is 5.32 Å². The Morgan fingerprint density at radius 3 is 2.54 bits per heavy atom. The third-order valence-electron chi connectivity index (χ3n) is 1.51. The number of benzene rings is 1. The van der Waals surface area contributed by atoms with Crippen molar-refractivity contribution in [3.63, 3.8) is 0 Å². The van der Waals surface area contributed by atoms with Crippen LogP contribution in [0, 0.1) is 0 Å². The van der Waals surface area contributed by atoms with Crippen LogP contribution in [-0.2, 0) is 0 Å². The molecule has 1 aromatic rings. The molecule has 1 aromatic carbocycles. The molecular formula is C8H7Cl2NO2. The van der Waals surface area contributed by atoms with Crippen LogP contribution in [0.25, 0.3) is 0 Å². The lowest BCUT2D eigenvalue weighted by molar-refractivity contribution is 0.0963. The lowest BCUT2D eigenvalue weighted by Crippen LogP contribution is -2.18. The molecule has 0 heterocycles. The van der Waals surface area contributed by atoms with Gasteiger partial charge in [0.15, 0.2) is 0 Å². The van der Waals surface area contributed by atoms with Crippen molar-refractivity contribution in [2.75, 3.05) is 7.05 Å². The molecule has 1 amide bonds. The second-order valence-electron chi connectivity index (χ2n) is 2.36. The second-order valence-corrected chi connectivity index (χ2v) is 3.18. The second kappa shape index (κ2) is 3.85. The van der Waals surface area contributed by atoms with Crippen molar-refractivity contribution in [1.29, 1.82) is 0 Å². The summed E-state index contributed by atoms with van der Waals surface area (Å²) in [6.45, 7) is 0. The van der Waals surface area contributed by atoms with Gasteiger partial charge in [-0.15, -0.1) is 0 Å². The summed E-state index contributed by atoms with van der Waals surface area (Å²) in [5.74, 6) is -0.480. The number of aromatic hydroxyl groups is 1. The minimum Gasteiger partial charge on any atom is -0.506 e. The van der Waals surface area contributed by atoms with E-state index in [9.17, 15) is 4.79 Å². The van der Waals surface area contributed by atoms with E-state index in [2.05, 4.69) is 5.32 Å². The van der Waals surface area contributed by atoms with Crippen LogP contribution in [0.5, 0.6) is 5.75 Å². The molecule has 0 saturated heterocycles. The molecule has 2 N–H and O–H groups in total. The van der Waals surface area contributed by atoms with Crippen molar-refractivity contribution < 1.29 is 9.90 Å². The van der Waals surface area contributed by atoms with Crippen LogP contribution in [0.2, 0.25) is 10.0 Å². The lowest BCUT2D eigenvalue weighted by atomic mass is 10.2. The summed E-state index contributed by atoms with van der Waals surface area (Å²) >= 11 is 11.3. The molecule has 0 radical (unpaired) electrons. The number of nitrogens with one attached hydrogen (secondary N) is 1. The Morgan fingerprint density at radius 1 is 1.38 bits per heavy atom. The van der Waals surface area contributed by atoms with Crippen molar-refractivity contribution in [3.8, 4) is 5.75 Å². The summed E-state index contributed by atoms with van der Waals surface area (Å²) in [6.07, 6.45) is 0. The Balaban J connectivity index is 3.23. The molecule has 0 aliphatic heterocycles. The smallest absolute Gasteiger partial charge is 0.252 e. The van der Waals surface area contributed by atoms with E-state index in [0.29, 0.717) is 0 Å². The Bertz CT molecular complexity index is 352. The highest BCUT2D eigenvalue weighted by atomic mass is 35.5. The zero-order chi connectivity index (χ0) is 10.0. The third kappa shape index (κ3) is 2.05. The van der Waals surface area contributed by atoms with E-state index in [1.54, 1.807) is 0 Å². The molecule has 5 heteroatoms. The lowest BCUT2D eigenvalue weighted by Gasteiger charge is -2.04. The zero-order valence-corrected chi connectivity index (χ0v) is 8.28. The molecule has 0 aromatic heterocycles. The maximum atomic E-state index is 11.2.